The van der Waals surface area contributed by atoms with E-state index in [1.165, 1.54) is 25.1 Å². The van der Waals surface area contributed by atoms with Crippen LogP contribution in [0, 0.1) is 0 Å². The molecule has 0 N–H and O–H groups in total. The van der Waals surface area contributed by atoms with E-state index >= 15 is 0 Å². The molecule has 0 saturated heterocycles. The first-order valence-electron chi connectivity index (χ1n) is 4.57. The normalized spacial score (nSPS) is 12.2. The van der Waals surface area contributed by atoms with Crippen LogP contribution in [0.4, 0.5) is 8.78 Å². The molecule has 0 fully saturated rings. The van der Waals surface area contributed by atoms with Gasteiger partial charge in [0.1, 0.15) is 18.3 Å². The Morgan fingerprint density at radius 1 is 1.31 bits per heavy atom. The van der Waals surface area contributed by atoms with Gasteiger partial charge in [0, 0.05) is 17.0 Å². The van der Waals surface area contributed by atoms with Gasteiger partial charge in [-0.2, -0.15) is 8.78 Å². The SMILES string of the molecule is CC(C=O)c1cc(C=O)ccc1OC(F)F. The van der Waals surface area contributed by atoms with E-state index < -0.39 is 12.5 Å². The van der Waals surface area contributed by atoms with Crippen molar-refractivity contribution in [1.82, 2.24) is 0 Å². The first-order chi connectivity index (χ1) is 7.58. The number of hydrogen-bond acceptors (Lipinski definition) is 3. The Bertz CT molecular complexity index is 391. The summed E-state index contributed by atoms with van der Waals surface area (Å²) in [6.45, 7) is -1.42. The van der Waals surface area contributed by atoms with Crippen molar-refractivity contribution in [3.8, 4) is 5.75 Å². The Balaban J connectivity index is 3.15. The zero-order chi connectivity index (χ0) is 12.1. The number of halogens is 2. The van der Waals surface area contributed by atoms with Crippen LogP contribution in [0.15, 0.2) is 18.2 Å². The Morgan fingerprint density at radius 2 is 2.00 bits per heavy atom. The highest BCUT2D eigenvalue weighted by atomic mass is 19.3. The molecule has 0 aliphatic rings. The number of carbonyl (C=O) groups is 2. The van der Waals surface area contributed by atoms with Crippen LogP contribution >= 0.6 is 0 Å². The van der Waals surface area contributed by atoms with Crippen molar-refractivity contribution in [2.45, 2.75) is 19.5 Å². The molecule has 0 aliphatic carbocycles. The fourth-order valence-corrected chi connectivity index (χ4v) is 1.27. The van der Waals surface area contributed by atoms with Gasteiger partial charge in [-0.05, 0) is 18.2 Å². The maximum atomic E-state index is 12.1. The zero-order valence-electron chi connectivity index (χ0n) is 8.52. The van der Waals surface area contributed by atoms with Gasteiger partial charge in [0.2, 0.25) is 0 Å². The van der Waals surface area contributed by atoms with Crippen LogP contribution in [0.5, 0.6) is 5.75 Å². The number of benzene rings is 1. The molecule has 1 aromatic rings. The van der Waals surface area contributed by atoms with Crippen molar-refractivity contribution >= 4 is 12.6 Å². The molecule has 0 spiro atoms. The summed E-state index contributed by atoms with van der Waals surface area (Å²) >= 11 is 0. The molecule has 0 radical (unpaired) electrons. The van der Waals surface area contributed by atoms with Gasteiger partial charge < -0.3 is 9.53 Å². The van der Waals surface area contributed by atoms with Gasteiger partial charge in [0.15, 0.2) is 0 Å². The number of ether oxygens (including phenoxy) is 1. The molecule has 0 aliphatic heterocycles. The van der Waals surface area contributed by atoms with Crippen LogP contribution in [0.25, 0.3) is 0 Å². The third kappa shape index (κ3) is 2.85. The second kappa shape index (κ2) is 5.34. The molecule has 16 heavy (non-hydrogen) atoms. The third-order valence-electron chi connectivity index (χ3n) is 2.08. The lowest BCUT2D eigenvalue weighted by Gasteiger charge is -2.12. The number of alkyl halides is 2. The largest absolute Gasteiger partial charge is 0.435 e. The Hall–Kier alpha value is -1.78. The zero-order valence-corrected chi connectivity index (χ0v) is 8.52. The number of hydrogen-bond donors (Lipinski definition) is 0. The van der Waals surface area contributed by atoms with E-state index in [1.807, 2.05) is 0 Å². The molecule has 1 atom stereocenters. The maximum absolute atomic E-state index is 12.1. The van der Waals surface area contributed by atoms with Crippen LogP contribution < -0.4 is 4.74 Å². The Labute approximate surface area is 91.0 Å². The van der Waals surface area contributed by atoms with Crippen molar-refractivity contribution in [1.29, 1.82) is 0 Å². The summed E-state index contributed by atoms with van der Waals surface area (Å²) in [5.41, 5.74) is 0.588. The predicted octanol–water partition coefficient (Wildman–Crippen LogP) is 2.40. The van der Waals surface area contributed by atoms with Crippen LogP contribution in [0.2, 0.25) is 0 Å². The fourth-order valence-electron chi connectivity index (χ4n) is 1.27. The smallest absolute Gasteiger partial charge is 0.387 e. The predicted molar refractivity (Wildman–Crippen MR) is 52.9 cm³/mol. The molecule has 86 valence electrons. The van der Waals surface area contributed by atoms with Crippen molar-refractivity contribution in [3.63, 3.8) is 0 Å². The monoisotopic (exact) mass is 228 g/mol. The van der Waals surface area contributed by atoms with Crippen LogP contribution in [-0.2, 0) is 4.79 Å². The lowest BCUT2D eigenvalue weighted by Crippen LogP contribution is -2.07. The molecule has 1 aromatic carbocycles. The van der Waals surface area contributed by atoms with Crippen molar-refractivity contribution < 1.29 is 23.1 Å². The molecule has 5 heteroatoms. The highest BCUT2D eigenvalue weighted by Gasteiger charge is 2.15. The molecule has 0 heterocycles. The van der Waals surface area contributed by atoms with Crippen molar-refractivity contribution in [3.05, 3.63) is 29.3 Å². The van der Waals surface area contributed by atoms with Crippen molar-refractivity contribution in [2.24, 2.45) is 0 Å². The first kappa shape index (κ1) is 12.3. The van der Waals surface area contributed by atoms with Gasteiger partial charge in [0.25, 0.3) is 0 Å². The van der Waals surface area contributed by atoms with Crippen LogP contribution in [0.1, 0.15) is 28.8 Å². The number of rotatable bonds is 5. The summed E-state index contributed by atoms with van der Waals surface area (Å²) < 4.78 is 28.4. The van der Waals surface area contributed by atoms with Crippen LogP contribution in [0.3, 0.4) is 0 Å². The average molecular weight is 228 g/mol. The van der Waals surface area contributed by atoms with Gasteiger partial charge in [-0.3, -0.25) is 4.79 Å². The lowest BCUT2D eigenvalue weighted by atomic mass is 9.99. The highest BCUT2D eigenvalue weighted by molar-refractivity contribution is 5.77. The third-order valence-corrected chi connectivity index (χ3v) is 2.08. The standard InChI is InChI=1S/C11H10F2O3/c1-7(5-14)9-4-8(6-15)2-3-10(9)16-11(12)13/h2-7,11H,1H3. The van der Waals surface area contributed by atoms with E-state index in [-0.39, 0.29) is 11.3 Å². The lowest BCUT2D eigenvalue weighted by molar-refractivity contribution is -0.108. The van der Waals surface area contributed by atoms with E-state index in [0.29, 0.717) is 18.1 Å². The fraction of sp³-hybridized carbons (Fsp3) is 0.273. The molecule has 0 amide bonds. The van der Waals surface area contributed by atoms with Crippen LogP contribution in [-0.4, -0.2) is 19.2 Å². The summed E-state index contributed by atoms with van der Waals surface area (Å²) in [6.07, 6.45) is 1.18. The summed E-state index contributed by atoms with van der Waals surface area (Å²) in [4.78, 5) is 21.1. The summed E-state index contributed by atoms with van der Waals surface area (Å²) in [7, 11) is 0. The highest BCUT2D eigenvalue weighted by Crippen LogP contribution is 2.27. The molecular formula is C11H10F2O3. The first-order valence-corrected chi connectivity index (χ1v) is 4.57. The Morgan fingerprint density at radius 3 is 2.50 bits per heavy atom. The second-order valence-electron chi connectivity index (χ2n) is 3.22. The number of aldehydes is 2. The molecule has 3 nitrogen and oxygen atoms in total. The molecule has 0 aromatic heterocycles. The maximum Gasteiger partial charge on any atom is 0.387 e. The summed E-state index contributed by atoms with van der Waals surface area (Å²) in [5, 5.41) is 0. The minimum atomic E-state index is -2.96. The van der Waals surface area contributed by atoms with E-state index in [1.54, 1.807) is 0 Å². The van der Waals surface area contributed by atoms with E-state index in [0.717, 1.165) is 0 Å². The quantitative estimate of drug-likeness (QED) is 0.727. The van der Waals surface area contributed by atoms with E-state index in [2.05, 4.69) is 4.74 Å². The average Bonchev–Trinajstić information content (AvgIpc) is 2.28. The summed E-state index contributed by atoms with van der Waals surface area (Å²) in [6, 6.07) is 3.97. The summed E-state index contributed by atoms with van der Waals surface area (Å²) in [5.74, 6) is -0.686. The molecule has 0 saturated carbocycles. The molecule has 1 unspecified atom stereocenters. The molecule has 0 bridgehead atoms. The van der Waals surface area contributed by atoms with Gasteiger partial charge in [-0.25, -0.2) is 0 Å². The molecular weight excluding hydrogens is 218 g/mol. The minimum Gasteiger partial charge on any atom is -0.435 e. The Kier molecular flexibility index (Phi) is 4.10. The topological polar surface area (TPSA) is 43.4 Å². The van der Waals surface area contributed by atoms with Gasteiger partial charge in [-0.1, -0.05) is 6.92 Å². The van der Waals surface area contributed by atoms with E-state index in [9.17, 15) is 18.4 Å². The van der Waals surface area contributed by atoms with Gasteiger partial charge >= 0.3 is 6.61 Å². The van der Waals surface area contributed by atoms with Gasteiger partial charge in [0.05, 0.1) is 0 Å². The van der Waals surface area contributed by atoms with Gasteiger partial charge in [-0.15, -0.1) is 0 Å². The number of carbonyl (C=O) groups excluding carboxylic acids is 2. The minimum absolute atomic E-state index is 0.0831. The molecule has 1 rings (SSSR count). The van der Waals surface area contributed by atoms with E-state index in [4.69, 9.17) is 0 Å². The second-order valence-corrected chi connectivity index (χ2v) is 3.22. The van der Waals surface area contributed by atoms with Crippen molar-refractivity contribution in [2.75, 3.05) is 0 Å².